The molecular weight excluding hydrogens is 227 g/mol. The second kappa shape index (κ2) is 4.48. The van der Waals surface area contributed by atoms with Crippen LogP contribution in [-0.4, -0.2) is 30.6 Å². The Kier molecular flexibility index (Phi) is 3.03. The SMILES string of the molecule is Cc1nnc(-c2ccc(C(O)O)c(F)c2)nn1. The molecule has 0 fully saturated rings. The summed E-state index contributed by atoms with van der Waals surface area (Å²) in [6.07, 6.45) is -1.85. The molecule has 88 valence electrons. The lowest BCUT2D eigenvalue weighted by Gasteiger charge is -2.06. The van der Waals surface area contributed by atoms with Gasteiger partial charge in [-0.25, -0.2) is 4.39 Å². The molecule has 0 saturated heterocycles. The summed E-state index contributed by atoms with van der Waals surface area (Å²) in [6, 6.07) is 3.81. The van der Waals surface area contributed by atoms with E-state index in [0.29, 0.717) is 11.4 Å². The smallest absolute Gasteiger partial charge is 0.203 e. The van der Waals surface area contributed by atoms with Crippen LogP contribution in [0.15, 0.2) is 18.2 Å². The molecule has 0 aliphatic carbocycles. The molecule has 0 radical (unpaired) electrons. The van der Waals surface area contributed by atoms with E-state index in [1.54, 1.807) is 6.92 Å². The van der Waals surface area contributed by atoms with Crippen molar-refractivity contribution in [2.24, 2.45) is 0 Å². The van der Waals surface area contributed by atoms with Gasteiger partial charge in [-0.2, -0.15) is 0 Å². The zero-order valence-corrected chi connectivity index (χ0v) is 8.87. The van der Waals surface area contributed by atoms with Gasteiger partial charge in [0.25, 0.3) is 0 Å². The highest BCUT2D eigenvalue weighted by Crippen LogP contribution is 2.20. The van der Waals surface area contributed by atoms with Crippen molar-refractivity contribution in [3.8, 4) is 11.4 Å². The fraction of sp³-hybridized carbons (Fsp3) is 0.200. The van der Waals surface area contributed by atoms with E-state index in [2.05, 4.69) is 20.4 Å². The van der Waals surface area contributed by atoms with Crippen molar-refractivity contribution in [2.45, 2.75) is 13.2 Å². The van der Waals surface area contributed by atoms with Crippen molar-refractivity contribution in [1.82, 2.24) is 20.4 Å². The third kappa shape index (κ3) is 2.40. The Balaban J connectivity index is 2.41. The largest absolute Gasteiger partial charge is 0.364 e. The number of hydrogen-bond donors (Lipinski definition) is 2. The molecule has 2 rings (SSSR count). The quantitative estimate of drug-likeness (QED) is 0.731. The minimum absolute atomic E-state index is 0.175. The van der Waals surface area contributed by atoms with Gasteiger partial charge in [-0.1, -0.05) is 12.1 Å². The van der Waals surface area contributed by atoms with E-state index in [-0.39, 0.29) is 11.4 Å². The molecule has 1 aromatic carbocycles. The van der Waals surface area contributed by atoms with Gasteiger partial charge < -0.3 is 10.2 Å². The van der Waals surface area contributed by atoms with Crippen LogP contribution in [0.2, 0.25) is 0 Å². The van der Waals surface area contributed by atoms with E-state index < -0.39 is 12.1 Å². The third-order valence-corrected chi connectivity index (χ3v) is 2.12. The number of rotatable bonds is 2. The summed E-state index contributed by atoms with van der Waals surface area (Å²) in [6.45, 7) is 1.63. The Morgan fingerprint density at radius 1 is 1.12 bits per heavy atom. The standard InChI is InChI=1S/C10H9FN4O2/c1-5-12-14-9(15-13-5)6-2-3-7(10(16)17)8(11)4-6/h2-4,10,16-17H,1H3. The Morgan fingerprint density at radius 3 is 2.29 bits per heavy atom. The highest BCUT2D eigenvalue weighted by Gasteiger charge is 2.12. The highest BCUT2D eigenvalue weighted by molar-refractivity contribution is 5.54. The number of aliphatic hydroxyl groups excluding tert-OH is 1. The first-order chi connectivity index (χ1) is 8.08. The van der Waals surface area contributed by atoms with Gasteiger partial charge in [0.05, 0.1) is 0 Å². The average molecular weight is 236 g/mol. The first-order valence-electron chi connectivity index (χ1n) is 4.78. The summed E-state index contributed by atoms with van der Waals surface area (Å²) >= 11 is 0. The highest BCUT2D eigenvalue weighted by atomic mass is 19.1. The van der Waals surface area contributed by atoms with Crippen LogP contribution < -0.4 is 0 Å². The summed E-state index contributed by atoms with van der Waals surface area (Å²) in [5, 5.41) is 32.6. The first kappa shape index (κ1) is 11.5. The van der Waals surface area contributed by atoms with Crippen LogP contribution in [0.3, 0.4) is 0 Å². The van der Waals surface area contributed by atoms with Gasteiger partial charge in [0, 0.05) is 11.1 Å². The molecule has 6 nitrogen and oxygen atoms in total. The maximum atomic E-state index is 13.4. The molecule has 0 spiro atoms. The molecule has 0 unspecified atom stereocenters. The summed E-state index contributed by atoms with van der Waals surface area (Å²) in [5.41, 5.74) is 0.161. The van der Waals surface area contributed by atoms with Crippen LogP contribution in [0.25, 0.3) is 11.4 Å². The van der Waals surface area contributed by atoms with E-state index in [9.17, 15) is 4.39 Å². The molecule has 0 bridgehead atoms. The minimum Gasteiger partial charge on any atom is -0.364 e. The Bertz CT molecular complexity index is 530. The molecule has 0 saturated carbocycles. The zero-order chi connectivity index (χ0) is 12.4. The van der Waals surface area contributed by atoms with E-state index in [1.807, 2.05) is 0 Å². The molecule has 7 heteroatoms. The predicted octanol–water partition coefficient (Wildman–Crippen LogP) is 0.364. The number of hydrogen-bond acceptors (Lipinski definition) is 6. The van der Waals surface area contributed by atoms with Crippen molar-refractivity contribution in [1.29, 1.82) is 0 Å². The summed E-state index contributed by atoms with van der Waals surface area (Å²) in [5.74, 6) is -0.160. The van der Waals surface area contributed by atoms with Crippen LogP contribution in [0, 0.1) is 12.7 Å². The maximum Gasteiger partial charge on any atom is 0.203 e. The van der Waals surface area contributed by atoms with Crippen molar-refractivity contribution >= 4 is 0 Å². The van der Waals surface area contributed by atoms with E-state index in [4.69, 9.17) is 10.2 Å². The number of aryl methyl sites for hydroxylation is 1. The normalized spacial score (nSPS) is 10.9. The van der Waals surface area contributed by atoms with Crippen LogP contribution in [-0.2, 0) is 0 Å². The molecule has 0 atom stereocenters. The van der Waals surface area contributed by atoms with Crippen LogP contribution in [0.5, 0.6) is 0 Å². The summed E-state index contributed by atoms with van der Waals surface area (Å²) in [4.78, 5) is 0. The molecule has 2 N–H and O–H groups in total. The maximum absolute atomic E-state index is 13.4. The third-order valence-electron chi connectivity index (χ3n) is 2.12. The molecule has 0 aliphatic rings. The molecule has 0 aliphatic heterocycles. The van der Waals surface area contributed by atoms with E-state index >= 15 is 0 Å². The second-order valence-electron chi connectivity index (χ2n) is 3.38. The number of halogens is 1. The number of benzene rings is 1. The Hall–Kier alpha value is -1.99. The van der Waals surface area contributed by atoms with Crippen LogP contribution in [0.1, 0.15) is 17.7 Å². The molecule has 1 aromatic heterocycles. The Morgan fingerprint density at radius 2 is 1.76 bits per heavy atom. The van der Waals surface area contributed by atoms with Gasteiger partial charge >= 0.3 is 0 Å². The number of nitrogens with zero attached hydrogens (tertiary/aromatic N) is 4. The topological polar surface area (TPSA) is 92.0 Å². The number of aromatic nitrogens is 4. The second-order valence-corrected chi connectivity index (χ2v) is 3.38. The summed E-state index contributed by atoms with van der Waals surface area (Å²) in [7, 11) is 0. The Labute approximate surface area is 95.8 Å². The monoisotopic (exact) mass is 236 g/mol. The lowest BCUT2D eigenvalue weighted by atomic mass is 10.1. The van der Waals surface area contributed by atoms with Gasteiger partial charge in [0.1, 0.15) is 5.82 Å². The summed E-state index contributed by atoms with van der Waals surface area (Å²) < 4.78 is 13.4. The lowest BCUT2D eigenvalue weighted by Crippen LogP contribution is -2.01. The van der Waals surface area contributed by atoms with Crippen LogP contribution >= 0.6 is 0 Å². The fourth-order valence-corrected chi connectivity index (χ4v) is 1.27. The molecular formula is C10H9FN4O2. The van der Waals surface area contributed by atoms with Gasteiger partial charge in [-0.05, 0) is 13.0 Å². The predicted molar refractivity (Wildman–Crippen MR) is 54.9 cm³/mol. The fourth-order valence-electron chi connectivity index (χ4n) is 1.27. The van der Waals surface area contributed by atoms with Crippen LogP contribution in [0.4, 0.5) is 4.39 Å². The molecule has 1 heterocycles. The van der Waals surface area contributed by atoms with Crippen molar-refractivity contribution in [3.63, 3.8) is 0 Å². The van der Waals surface area contributed by atoms with Gasteiger partial charge in [0.2, 0.25) is 5.82 Å². The van der Waals surface area contributed by atoms with Gasteiger partial charge in [0.15, 0.2) is 12.1 Å². The van der Waals surface area contributed by atoms with Gasteiger partial charge in [-0.3, -0.25) is 0 Å². The first-order valence-corrected chi connectivity index (χ1v) is 4.78. The van der Waals surface area contributed by atoms with Crippen molar-refractivity contribution < 1.29 is 14.6 Å². The lowest BCUT2D eigenvalue weighted by molar-refractivity contribution is -0.0449. The number of aliphatic hydroxyl groups is 2. The van der Waals surface area contributed by atoms with E-state index in [0.717, 1.165) is 6.07 Å². The van der Waals surface area contributed by atoms with Crippen molar-refractivity contribution in [2.75, 3.05) is 0 Å². The molecule has 2 aromatic rings. The molecule has 17 heavy (non-hydrogen) atoms. The van der Waals surface area contributed by atoms with Gasteiger partial charge in [-0.15, -0.1) is 20.4 Å². The molecule has 0 amide bonds. The average Bonchev–Trinajstić information content (AvgIpc) is 2.29. The minimum atomic E-state index is -1.85. The zero-order valence-electron chi connectivity index (χ0n) is 8.87. The van der Waals surface area contributed by atoms with E-state index in [1.165, 1.54) is 12.1 Å². The van der Waals surface area contributed by atoms with Crippen molar-refractivity contribution in [3.05, 3.63) is 35.4 Å².